The number of amides is 1. The molecule has 1 amide bonds. The minimum absolute atomic E-state index is 0.0348. The lowest BCUT2D eigenvalue weighted by Gasteiger charge is -2.12. The van der Waals surface area contributed by atoms with Gasteiger partial charge in [0.15, 0.2) is 0 Å². The summed E-state index contributed by atoms with van der Waals surface area (Å²) in [6, 6.07) is 12.6. The van der Waals surface area contributed by atoms with E-state index in [1.807, 2.05) is 45.0 Å². The van der Waals surface area contributed by atoms with Crippen molar-refractivity contribution in [2.75, 3.05) is 5.84 Å². The Bertz CT molecular complexity index is 1300. The van der Waals surface area contributed by atoms with Crippen molar-refractivity contribution in [1.82, 2.24) is 14.0 Å². The topological polar surface area (TPSA) is 126 Å². The molecule has 0 unspecified atom stereocenters. The van der Waals surface area contributed by atoms with E-state index in [9.17, 15) is 14.5 Å². The van der Waals surface area contributed by atoms with E-state index in [1.54, 1.807) is 18.2 Å². The van der Waals surface area contributed by atoms with Crippen LogP contribution in [0.1, 0.15) is 37.8 Å². The van der Waals surface area contributed by atoms with Crippen LogP contribution in [-0.2, 0) is 17.9 Å². The van der Waals surface area contributed by atoms with E-state index in [0.717, 1.165) is 21.7 Å². The minimum Gasteiger partial charge on any atom is -0.491 e. The van der Waals surface area contributed by atoms with Gasteiger partial charge in [0, 0.05) is 23.2 Å². The van der Waals surface area contributed by atoms with Crippen LogP contribution >= 0.6 is 11.6 Å². The molecule has 0 aliphatic carbocycles. The van der Waals surface area contributed by atoms with Gasteiger partial charge in [-0.25, -0.2) is 14.5 Å². The van der Waals surface area contributed by atoms with Crippen molar-refractivity contribution in [1.29, 1.82) is 0 Å². The molecule has 10 nitrogen and oxygen atoms in total. The summed E-state index contributed by atoms with van der Waals surface area (Å²) in [5.74, 6) is 6.24. The van der Waals surface area contributed by atoms with Gasteiger partial charge in [0.05, 0.1) is 18.3 Å². The van der Waals surface area contributed by atoms with Crippen LogP contribution in [0.15, 0.2) is 57.4 Å². The van der Waals surface area contributed by atoms with Crippen LogP contribution in [0.5, 0.6) is 5.75 Å². The first-order chi connectivity index (χ1) is 16.2. The number of rotatable bonds is 9. The molecule has 2 aromatic carbocycles. The van der Waals surface area contributed by atoms with Gasteiger partial charge in [0.2, 0.25) is 5.62 Å². The molecule has 0 spiro atoms. The van der Waals surface area contributed by atoms with E-state index in [4.69, 9.17) is 22.2 Å². The summed E-state index contributed by atoms with van der Waals surface area (Å²) in [7, 11) is 0. The van der Waals surface area contributed by atoms with Crippen molar-refractivity contribution in [3.05, 3.63) is 79.6 Å². The van der Waals surface area contributed by atoms with Crippen LogP contribution in [0.25, 0.3) is 0 Å². The first kappa shape index (κ1) is 25.0. The molecule has 0 radical (unpaired) electrons. The van der Waals surface area contributed by atoms with Crippen LogP contribution in [0.2, 0.25) is 5.02 Å². The maximum Gasteiger partial charge on any atom is 0.347 e. The number of nitrogens with zero attached hydrogens (tertiary/aromatic N) is 5. The van der Waals surface area contributed by atoms with Crippen molar-refractivity contribution >= 4 is 23.2 Å². The Balaban J connectivity index is 2.06. The second kappa shape index (κ2) is 11.0. The van der Waals surface area contributed by atoms with Gasteiger partial charge in [-0.15, -0.1) is 4.91 Å². The lowest BCUT2D eigenvalue weighted by atomic mass is 10.2. The number of benzene rings is 2. The molecule has 0 aliphatic heterocycles. The maximum absolute atomic E-state index is 13.2. The Labute approximate surface area is 201 Å². The quantitative estimate of drug-likeness (QED) is 0.367. The number of carbonyl (C=O) groups excluding carboxylic acids is 1. The summed E-state index contributed by atoms with van der Waals surface area (Å²) in [5.41, 5.74) is 2.13. The molecular weight excluding hydrogens is 460 g/mol. The van der Waals surface area contributed by atoms with Crippen molar-refractivity contribution < 1.29 is 9.53 Å². The molecule has 0 fully saturated rings. The van der Waals surface area contributed by atoms with Gasteiger partial charge in [-0.05, 0) is 68.7 Å². The largest absolute Gasteiger partial charge is 0.491 e. The van der Waals surface area contributed by atoms with E-state index < -0.39 is 11.6 Å². The van der Waals surface area contributed by atoms with Crippen LogP contribution in [0, 0.1) is 11.8 Å². The van der Waals surface area contributed by atoms with Crippen LogP contribution in [0.4, 0.5) is 5.69 Å². The molecule has 3 rings (SSSR count). The van der Waals surface area contributed by atoms with Gasteiger partial charge in [-0.3, -0.25) is 9.36 Å². The van der Waals surface area contributed by atoms with E-state index in [0.29, 0.717) is 10.7 Å². The third-order valence-corrected chi connectivity index (χ3v) is 5.28. The van der Waals surface area contributed by atoms with Crippen molar-refractivity contribution in [3.63, 3.8) is 0 Å². The monoisotopic (exact) mass is 486 g/mol. The lowest BCUT2D eigenvalue weighted by molar-refractivity contribution is -0.118. The smallest absolute Gasteiger partial charge is 0.347 e. The molecule has 0 saturated heterocycles. The van der Waals surface area contributed by atoms with Gasteiger partial charge in [0.1, 0.15) is 5.75 Å². The number of nitrogen functional groups attached to an aromatic ring is 1. The SMILES string of the molecule is Cc1cc(/N=c2/n(Cc3ccc(Cl)cc3)c(=O)n(CCCC(=O)N=O)n2N)ccc1OC(C)C. The molecule has 0 aliphatic rings. The normalized spacial score (nSPS) is 11.7. The van der Waals surface area contributed by atoms with Gasteiger partial charge < -0.3 is 10.6 Å². The first-order valence-corrected chi connectivity index (χ1v) is 11.2. The fraction of sp³-hybridized carbons (Fsp3) is 0.348. The molecule has 11 heteroatoms. The molecule has 34 heavy (non-hydrogen) atoms. The average molecular weight is 487 g/mol. The minimum atomic E-state index is -0.777. The number of aromatic nitrogens is 3. The molecule has 180 valence electrons. The second-order valence-corrected chi connectivity index (χ2v) is 8.52. The highest BCUT2D eigenvalue weighted by atomic mass is 35.5. The average Bonchev–Trinajstić information content (AvgIpc) is 3.01. The Morgan fingerprint density at radius 1 is 1.18 bits per heavy atom. The molecule has 3 aromatic rings. The zero-order valence-corrected chi connectivity index (χ0v) is 20.0. The first-order valence-electron chi connectivity index (χ1n) is 10.8. The summed E-state index contributed by atoms with van der Waals surface area (Å²) in [6.45, 7) is 6.14. The van der Waals surface area contributed by atoms with Crippen LogP contribution in [-0.4, -0.2) is 26.1 Å². The zero-order chi connectivity index (χ0) is 24.8. The Kier molecular flexibility index (Phi) is 8.06. The fourth-order valence-electron chi connectivity index (χ4n) is 3.40. The number of aryl methyl sites for hydroxylation is 1. The molecular formula is C23H27ClN6O4. The molecule has 0 bridgehead atoms. The Hall–Kier alpha value is -3.66. The highest BCUT2D eigenvalue weighted by Crippen LogP contribution is 2.24. The van der Waals surface area contributed by atoms with E-state index >= 15 is 0 Å². The zero-order valence-electron chi connectivity index (χ0n) is 19.3. The predicted octanol–water partition coefficient (Wildman–Crippen LogP) is 3.27. The van der Waals surface area contributed by atoms with E-state index in [-0.39, 0.29) is 37.7 Å². The van der Waals surface area contributed by atoms with E-state index in [1.165, 1.54) is 9.25 Å². The highest BCUT2D eigenvalue weighted by molar-refractivity contribution is 6.30. The standard InChI is InChI=1S/C23H27ClN6O4/c1-15(2)34-20-11-10-19(13-16(20)3)26-22-28(14-17-6-8-18(24)9-7-17)23(32)29(30(22)25)12-4-5-21(31)27-33/h6-11,13,15H,4-5,12,14,25H2,1-3H3/b26-22-. The Morgan fingerprint density at radius 2 is 1.88 bits per heavy atom. The van der Waals surface area contributed by atoms with Crippen LogP contribution < -0.4 is 21.9 Å². The van der Waals surface area contributed by atoms with Gasteiger partial charge in [0.25, 0.3) is 5.91 Å². The molecule has 1 aromatic heterocycles. The summed E-state index contributed by atoms with van der Waals surface area (Å²) in [6.07, 6.45) is 0.181. The molecule has 0 atom stereocenters. The van der Waals surface area contributed by atoms with E-state index in [2.05, 4.69) is 10.2 Å². The third kappa shape index (κ3) is 6.02. The van der Waals surface area contributed by atoms with Crippen molar-refractivity contribution in [2.45, 2.75) is 52.8 Å². The molecule has 2 N–H and O–H groups in total. The summed E-state index contributed by atoms with van der Waals surface area (Å²) < 4.78 is 8.50. The number of ether oxygens (including phenoxy) is 1. The number of carbonyl (C=O) groups is 1. The molecule has 0 saturated carbocycles. The van der Waals surface area contributed by atoms with Crippen molar-refractivity contribution in [3.8, 4) is 5.75 Å². The third-order valence-electron chi connectivity index (χ3n) is 5.02. The van der Waals surface area contributed by atoms with Gasteiger partial charge >= 0.3 is 5.69 Å². The number of hydrogen-bond donors (Lipinski definition) is 1. The number of halogens is 1. The Morgan fingerprint density at radius 3 is 2.50 bits per heavy atom. The fourth-order valence-corrected chi connectivity index (χ4v) is 3.53. The number of nitroso groups, excluding NO2 is 1. The van der Waals surface area contributed by atoms with Gasteiger partial charge in [-0.2, -0.15) is 4.79 Å². The highest BCUT2D eigenvalue weighted by Gasteiger charge is 2.15. The van der Waals surface area contributed by atoms with Gasteiger partial charge in [-0.1, -0.05) is 23.7 Å². The summed E-state index contributed by atoms with van der Waals surface area (Å²) in [4.78, 5) is 40.6. The molecule has 1 heterocycles. The number of hydrogen-bond acceptors (Lipinski definition) is 6. The van der Waals surface area contributed by atoms with Crippen LogP contribution in [0.3, 0.4) is 0 Å². The summed E-state index contributed by atoms with van der Waals surface area (Å²) >= 11 is 5.98. The number of nitrogens with two attached hydrogens (primary N) is 1. The lowest BCUT2D eigenvalue weighted by Crippen LogP contribution is -2.34. The predicted molar refractivity (Wildman–Crippen MR) is 130 cm³/mol. The maximum atomic E-state index is 13.2. The van der Waals surface area contributed by atoms with Crippen molar-refractivity contribution in [2.24, 2.45) is 10.2 Å². The summed E-state index contributed by atoms with van der Waals surface area (Å²) in [5, 5.41) is 2.96. The second-order valence-electron chi connectivity index (χ2n) is 8.08.